The first kappa shape index (κ1) is 18.0. The molecule has 7 nitrogen and oxygen atoms in total. The van der Waals surface area contributed by atoms with Crippen molar-refractivity contribution in [1.29, 1.82) is 0 Å². The van der Waals surface area contributed by atoms with Crippen LogP contribution in [0.3, 0.4) is 0 Å². The standard InChI is InChI=1S/C21H20N2O5/c1-13(21(26)23-11-10-14-6-2-4-8-16(14)23)27-19(24)12-18-20(25)22-15-7-3-5-9-17(15)28-18/h2-9,13,18H,10-12H2,1H3,(H,22,25)/t13-,18-/m1/s1. The average Bonchev–Trinajstić information content (AvgIpc) is 3.12. The molecule has 2 aromatic carbocycles. The molecular formula is C21H20N2O5. The lowest BCUT2D eigenvalue weighted by Crippen LogP contribution is -2.42. The van der Waals surface area contributed by atoms with Crippen molar-refractivity contribution in [2.24, 2.45) is 0 Å². The fraction of sp³-hybridized carbons (Fsp3) is 0.286. The molecule has 0 aromatic heterocycles. The van der Waals surface area contributed by atoms with Crippen molar-refractivity contribution in [3.05, 3.63) is 54.1 Å². The van der Waals surface area contributed by atoms with E-state index in [1.807, 2.05) is 24.3 Å². The molecule has 2 aromatic rings. The van der Waals surface area contributed by atoms with Gasteiger partial charge in [0.2, 0.25) is 0 Å². The van der Waals surface area contributed by atoms with Crippen LogP contribution in [-0.2, 0) is 25.5 Å². The Balaban J connectivity index is 1.36. The Morgan fingerprint density at radius 1 is 1.21 bits per heavy atom. The summed E-state index contributed by atoms with van der Waals surface area (Å²) in [5, 5.41) is 2.70. The molecule has 2 amide bonds. The number of ether oxygens (including phenoxy) is 2. The summed E-state index contributed by atoms with van der Waals surface area (Å²) in [4.78, 5) is 38.8. The number of anilines is 2. The third-order valence-corrected chi connectivity index (χ3v) is 4.87. The number of esters is 1. The number of hydrogen-bond acceptors (Lipinski definition) is 5. The van der Waals surface area contributed by atoms with Crippen LogP contribution in [0.5, 0.6) is 5.75 Å². The van der Waals surface area contributed by atoms with Gasteiger partial charge >= 0.3 is 5.97 Å². The molecule has 0 unspecified atom stereocenters. The molecule has 2 atom stereocenters. The van der Waals surface area contributed by atoms with Crippen LogP contribution in [0.25, 0.3) is 0 Å². The minimum absolute atomic E-state index is 0.269. The van der Waals surface area contributed by atoms with E-state index in [4.69, 9.17) is 9.47 Å². The monoisotopic (exact) mass is 380 g/mol. The predicted octanol–water partition coefficient (Wildman–Crippen LogP) is 2.30. The van der Waals surface area contributed by atoms with E-state index in [2.05, 4.69) is 5.32 Å². The number of nitrogens with zero attached hydrogens (tertiary/aromatic N) is 1. The molecule has 1 N–H and O–H groups in total. The number of amides is 2. The largest absolute Gasteiger partial charge is 0.478 e. The van der Waals surface area contributed by atoms with Crippen LogP contribution in [0.15, 0.2) is 48.5 Å². The number of para-hydroxylation sites is 3. The molecule has 0 bridgehead atoms. The number of carbonyl (C=O) groups is 3. The van der Waals surface area contributed by atoms with Gasteiger partial charge in [0, 0.05) is 12.2 Å². The van der Waals surface area contributed by atoms with E-state index in [0.29, 0.717) is 18.0 Å². The van der Waals surface area contributed by atoms with Crippen LogP contribution in [0.4, 0.5) is 11.4 Å². The SMILES string of the molecule is C[C@@H](OC(=O)C[C@H]1Oc2ccccc2NC1=O)C(=O)N1CCc2ccccc21. The summed E-state index contributed by atoms with van der Waals surface area (Å²) in [5.74, 6) is -0.855. The van der Waals surface area contributed by atoms with Crippen molar-refractivity contribution in [1.82, 2.24) is 0 Å². The van der Waals surface area contributed by atoms with E-state index in [-0.39, 0.29) is 12.3 Å². The Kier molecular flexibility index (Phi) is 4.73. The van der Waals surface area contributed by atoms with Crippen LogP contribution in [-0.4, -0.2) is 36.5 Å². The minimum atomic E-state index is -0.989. The lowest BCUT2D eigenvalue weighted by molar-refractivity contribution is -0.156. The fourth-order valence-corrected chi connectivity index (χ4v) is 3.46. The maximum atomic E-state index is 12.7. The van der Waals surface area contributed by atoms with Crippen molar-refractivity contribution in [2.75, 3.05) is 16.8 Å². The van der Waals surface area contributed by atoms with Crippen LogP contribution in [0.1, 0.15) is 18.9 Å². The van der Waals surface area contributed by atoms with E-state index >= 15 is 0 Å². The molecule has 28 heavy (non-hydrogen) atoms. The zero-order valence-corrected chi connectivity index (χ0v) is 15.4. The summed E-state index contributed by atoms with van der Waals surface area (Å²) >= 11 is 0. The van der Waals surface area contributed by atoms with Gasteiger partial charge in [0.25, 0.3) is 11.8 Å². The summed E-state index contributed by atoms with van der Waals surface area (Å²) in [6.45, 7) is 2.10. The highest BCUT2D eigenvalue weighted by Gasteiger charge is 2.33. The zero-order valence-electron chi connectivity index (χ0n) is 15.4. The molecule has 0 aliphatic carbocycles. The fourth-order valence-electron chi connectivity index (χ4n) is 3.46. The van der Waals surface area contributed by atoms with E-state index < -0.39 is 24.1 Å². The van der Waals surface area contributed by atoms with E-state index in [1.165, 1.54) is 6.92 Å². The van der Waals surface area contributed by atoms with Crippen molar-refractivity contribution < 1.29 is 23.9 Å². The van der Waals surface area contributed by atoms with Gasteiger partial charge in [-0.3, -0.25) is 14.4 Å². The summed E-state index contributed by atoms with van der Waals surface area (Å²) in [6.07, 6.45) is -1.43. The number of fused-ring (bicyclic) bond motifs is 2. The first-order chi connectivity index (χ1) is 13.5. The van der Waals surface area contributed by atoms with Gasteiger partial charge in [-0.05, 0) is 37.1 Å². The van der Waals surface area contributed by atoms with Gasteiger partial charge in [-0.25, -0.2) is 0 Å². The Hall–Kier alpha value is -3.35. The third kappa shape index (κ3) is 3.43. The van der Waals surface area contributed by atoms with Crippen molar-refractivity contribution >= 4 is 29.2 Å². The number of rotatable bonds is 4. The Morgan fingerprint density at radius 3 is 2.82 bits per heavy atom. The maximum Gasteiger partial charge on any atom is 0.310 e. The molecule has 144 valence electrons. The van der Waals surface area contributed by atoms with Crippen molar-refractivity contribution in [3.8, 4) is 5.75 Å². The Labute approximate surface area is 162 Å². The smallest absolute Gasteiger partial charge is 0.310 e. The summed E-state index contributed by atoms with van der Waals surface area (Å²) in [7, 11) is 0. The molecule has 2 aliphatic heterocycles. The lowest BCUT2D eigenvalue weighted by atomic mass is 10.1. The van der Waals surface area contributed by atoms with Gasteiger partial charge in [-0.2, -0.15) is 0 Å². The van der Waals surface area contributed by atoms with Gasteiger partial charge < -0.3 is 19.7 Å². The van der Waals surface area contributed by atoms with Crippen molar-refractivity contribution in [3.63, 3.8) is 0 Å². The van der Waals surface area contributed by atoms with Crippen LogP contribution in [0, 0.1) is 0 Å². The van der Waals surface area contributed by atoms with Gasteiger partial charge in [0.15, 0.2) is 12.2 Å². The minimum Gasteiger partial charge on any atom is -0.478 e. The number of hydrogen-bond donors (Lipinski definition) is 1. The highest BCUT2D eigenvalue weighted by Crippen LogP contribution is 2.30. The molecule has 0 spiro atoms. The first-order valence-electron chi connectivity index (χ1n) is 9.18. The lowest BCUT2D eigenvalue weighted by Gasteiger charge is -2.26. The second-order valence-corrected chi connectivity index (χ2v) is 6.80. The Morgan fingerprint density at radius 2 is 1.96 bits per heavy atom. The quantitative estimate of drug-likeness (QED) is 0.823. The molecule has 4 rings (SSSR count). The van der Waals surface area contributed by atoms with E-state index in [9.17, 15) is 14.4 Å². The van der Waals surface area contributed by atoms with Gasteiger partial charge in [0.1, 0.15) is 5.75 Å². The first-order valence-corrected chi connectivity index (χ1v) is 9.18. The summed E-state index contributed by atoms with van der Waals surface area (Å²) in [5.41, 5.74) is 2.51. The summed E-state index contributed by atoms with van der Waals surface area (Å²) in [6, 6.07) is 14.7. The molecule has 0 saturated carbocycles. The molecule has 2 heterocycles. The summed E-state index contributed by atoms with van der Waals surface area (Å²) < 4.78 is 10.9. The predicted molar refractivity (Wildman–Crippen MR) is 102 cm³/mol. The van der Waals surface area contributed by atoms with E-state index in [0.717, 1.165) is 17.7 Å². The molecular weight excluding hydrogens is 360 g/mol. The number of nitrogens with one attached hydrogen (secondary N) is 1. The topological polar surface area (TPSA) is 84.9 Å². The maximum absolute atomic E-state index is 12.7. The van der Waals surface area contributed by atoms with Crippen LogP contribution in [0.2, 0.25) is 0 Å². The van der Waals surface area contributed by atoms with Gasteiger partial charge in [-0.15, -0.1) is 0 Å². The van der Waals surface area contributed by atoms with Crippen molar-refractivity contribution in [2.45, 2.75) is 32.0 Å². The molecule has 0 radical (unpaired) electrons. The van der Waals surface area contributed by atoms with Crippen LogP contribution >= 0.6 is 0 Å². The molecule has 7 heteroatoms. The van der Waals surface area contributed by atoms with E-state index in [1.54, 1.807) is 29.2 Å². The molecule has 0 fully saturated rings. The normalized spacial score (nSPS) is 18.4. The molecule has 2 aliphatic rings. The second kappa shape index (κ2) is 7.34. The zero-order chi connectivity index (χ0) is 19.7. The average molecular weight is 380 g/mol. The number of benzene rings is 2. The highest BCUT2D eigenvalue weighted by atomic mass is 16.6. The third-order valence-electron chi connectivity index (χ3n) is 4.87. The second-order valence-electron chi connectivity index (χ2n) is 6.80. The highest BCUT2D eigenvalue weighted by molar-refractivity contribution is 6.01. The van der Waals surface area contributed by atoms with Gasteiger partial charge in [-0.1, -0.05) is 30.3 Å². The Bertz CT molecular complexity index is 942. The van der Waals surface area contributed by atoms with Crippen LogP contribution < -0.4 is 15.0 Å². The molecule has 0 saturated heterocycles. The van der Waals surface area contributed by atoms with Gasteiger partial charge in [0.05, 0.1) is 12.1 Å². The number of carbonyl (C=O) groups excluding carboxylic acids is 3.